The van der Waals surface area contributed by atoms with Gasteiger partial charge in [-0.15, -0.1) is 0 Å². The van der Waals surface area contributed by atoms with Crippen molar-refractivity contribution >= 4 is 52.1 Å². The Bertz CT molecular complexity index is 1110. The van der Waals surface area contributed by atoms with Crippen molar-refractivity contribution in [3.63, 3.8) is 0 Å². The quantitative estimate of drug-likeness (QED) is 0.431. The number of carbonyl (C=O) groups is 1. The van der Waals surface area contributed by atoms with E-state index in [1.165, 1.54) is 0 Å². The smallest absolute Gasteiger partial charge is 0.254 e. The average molecular weight is 567 g/mol. The molecule has 1 N–H and O–H groups in total. The molecule has 1 aliphatic heterocycles. The standard InChI is InChI=1S/C22H20ClIN4O4/c1-30-20-11-15(21(29)28-6-8-31-9-7-28)3-5-18(20)27-22-25-12-16(13-26-22)14-2-4-17(23)19(10-14)32-24/h2-5,10-13H,6-9H2,1H3,(H,25,26,27). The van der Waals surface area contributed by atoms with E-state index in [0.717, 1.165) is 11.1 Å². The number of anilines is 2. The van der Waals surface area contributed by atoms with Gasteiger partial charge >= 0.3 is 0 Å². The largest absolute Gasteiger partial charge is 0.495 e. The van der Waals surface area contributed by atoms with E-state index in [2.05, 4.69) is 15.3 Å². The number of hydrogen-bond acceptors (Lipinski definition) is 7. The van der Waals surface area contributed by atoms with Crippen LogP contribution >= 0.6 is 34.6 Å². The van der Waals surface area contributed by atoms with Crippen LogP contribution < -0.4 is 13.1 Å². The van der Waals surface area contributed by atoms with E-state index in [-0.39, 0.29) is 5.91 Å². The summed E-state index contributed by atoms with van der Waals surface area (Å²) in [6.45, 7) is 2.28. The van der Waals surface area contributed by atoms with Crippen LogP contribution in [-0.2, 0) is 4.74 Å². The van der Waals surface area contributed by atoms with Crippen LogP contribution in [0.1, 0.15) is 10.4 Å². The van der Waals surface area contributed by atoms with Gasteiger partial charge in [0.25, 0.3) is 5.91 Å². The Kier molecular flexibility index (Phi) is 7.28. The van der Waals surface area contributed by atoms with Gasteiger partial charge in [0.1, 0.15) is 5.75 Å². The zero-order valence-corrected chi connectivity index (χ0v) is 20.1. The number of rotatable bonds is 6. The monoisotopic (exact) mass is 566 g/mol. The first kappa shape index (κ1) is 22.6. The maximum absolute atomic E-state index is 12.7. The maximum Gasteiger partial charge on any atom is 0.254 e. The van der Waals surface area contributed by atoms with Crippen molar-refractivity contribution in [3.8, 4) is 22.6 Å². The van der Waals surface area contributed by atoms with Gasteiger partial charge in [-0.25, -0.2) is 9.97 Å². The number of ether oxygens (including phenoxy) is 2. The Morgan fingerprint density at radius 3 is 2.53 bits per heavy atom. The summed E-state index contributed by atoms with van der Waals surface area (Å²) in [4.78, 5) is 23.3. The molecule has 166 valence electrons. The molecule has 2 aromatic carbocycles. The van der Waals surface area contributed by atoms with Crippen molar-refractivity contribution < 1.29 is 17.3 Å². The Labute approximate surface area is 204 Å². The predicted molar refractivity (Wildman–Crippen MR) is 130 cm³/mol. The molecule has 1 fully saturated rings. The molecule has 0 aliphatic carbocycles. The van der Waals surface area contributed by atoms with Gasteiger partial charge in [-0.05, 0) is 35.9 Å². The summed E-state index contributed by atoms with van der Waals surface area (Å²) in [5.74, 6) is 1.46. The first-order valence-electron chi connectivity index (χ1n) is 9.81. The second-order valence-electron chi connectivity index (χ2n) is 6.96. The molecule has 2 heterocycles. The summed E-state index contributed by atoms with van der Waals surface area (Å²) in [5.41, 5.74) is 2.92. The molecule has 1 amide bonds. The molecule has 0 atom stereocenters. The van der Waals surface area contributed by atoms with Crippen molar-refractivity contribution in [1.29, 1.82) is 0 Å². The number of morpholine rings is 1. The van der Waals surface area contributed by atoms with Gasteiger partial charge in [0, 0.05) is 36.6 Å². The number of aromatic nitrogens is 2. The molecular weight excluding hydrogens is 547 g/mol. The molecular formula is C22H20ClIN4O4. The van der Waals surface area contributed by atoms with Crippen molar-refractivity contribution in [2.75, 3.05) is 38.7 Å². The Morgan fingerprint density at radius 1 is 1.09 bits per heavy atom. The minimum absolute atomic E-state index is 0.0448. The van der Waals surface area contributed by atoms with Crippen LogP contribution in [0, 0.1) is 0 Å². The van der Waals surface area contributed by atoms with Gasteiger partial charge in [0.15, 0.2) is 28.8 Å². The molecule has 1 aromatic heterocycles. The van der Waals surface area contributed by atoms with Gasteiger partial charge in [0.05, 0.1) is 31.0 Å². The number of halogens is 2. The van der Waals surface area contributed by atoms with Crippen molar-refractivity contribution in [2.45, 2.75) is 0 Å². The van der Waals surface area contributed by atoms with Crippen LogP contribution in [0.3, 0.4) is 0 Å². The number of carbonyl (C=O) groups excluding carboxylic acids is 1. The molecule has 32 heavy (non-hydrogen) atoms. The highest BCUT2D eigenvalue weighted by atomic mass is 127. The lowest BCUT2D eigenvalue weighted by molar-refractivity contribution is 0.0302. The number of nitrogens with zero attached hydrogens (tertiary/aromatic N) is 3. The zero-order valence-electron chi connectivity index (χ0n) is 17.2. The summed E-state index contributed by atoms with van der Waals surface area (Å²) < 4.78 is 16.0. The molecule has 0 unspecified atom stereocenters. The van der Waals surface area contributed by atoms with E-state index in [9.17, 15) is 4.79 Å². The fourth-order valence-corrected chi connectivity index (χ4v) is 3.93. The van der Waals surface area contributed by atoms with E-state index in [4.69, 9.17) is 24.1 Å². The maximum atomic E-state index is 12.7. The lowest BCUT2D eigenvalue weighted by Gasteiger charge is -2.27. The number of methoxy groups -OCH3 is 1. The second-order valence-corrected chi connectivity index (χ2v) is 7.81. The fourth-order valence-electron chi connectivity index (χ4n) is 3.28. The highest BCUT2D eigenvalue weighted by Crippen LogP contribution is 2.32. The number of hydrogen-bond donors (Lipinski definition) is 1. The van der Waals surface area contributed by atoms with Gasteiger partial charge in [-0.1, -0.05) is 17.7 Å². The molecule has 0 spiro atoms. The lowest BCUT2D eigenvalue weighted by atomic mass is 10.1. The molecule has 0 radical (unpaired) electrons. The number of nitrogens with one attached hydrogen (secondary N) is 1. The fraction of sp³-hybridized carbons (Fsp3) is 0.227. The number of benzene rings is 2. The minimum atomic E-state index is -0.0448. The van der Waals surface area contributed by atoms with E-state index < -0.39 is 0 Å². The molecule has 0 bridgehead atoms. The van der Waals surface area contributed by atoms with Gasteiger partial charge in [-0.2, -0.15) is 0 Å². The first-order chi connectivity index (χ1) is 15.6. The van der Waals surface area contributed by atoms with Gasteiger partial charge in [0.2, 0.25) is 5.95 Å². The predicted octanol–water partition coefficient (Wildman–Crippen LogP) is 4.75. The minimum Gasteiger partial charge on any atom is -0.495 e. The summed E-state index contributed by atoms with van der Waals surface area (Å²) in [6.07, 6.45) is 3.41. The van der Waals surface area contributed by atoms with Crippen LogP contribution in [0.15, 0.2) is 48.8 Å². The van der Waals surface area contributed by atoms with E-state index in [0.29, 0.717) is 60.0 Å². The molecule has 1 aliphatic rings. The van der Waals surface area contributed by atoms with Crippen molar-refractivity contribution in [1.82, 2.24) is 14.9 Å². The Balaban J connectivity index is 1.50. The van der Waals surface area contributed by atoms with E-state index in [1.807, 2.05) is 12.1 Å². The van der Waals surface area contributed by atoms with Crippen LogP contribution in [0.25, 0.3) is 11.1 Å². The third kappa shape index (κ3) is 5.05. The third-order valence-electron chi connectivity index (χ3n) is 4.99. The lowest BCUT2D eigenvalue weighted by Crippen LogP contribution is -2.40. The highest BCUT2D eigenvalue weighted by Gasteiger charge is 2.20. The topological polar surface area (TPSA) is 85.8 Å². The third-order valence-corrected chi connectivity index (χ3v) is 5.78. The Morgan fingerprint density at radius 2 is 1.84 bits per heavy atom. The summed E-state index contributed by atoms with van der Waals surface area (Å²) in [6, 6.07) is 10.7. The van der Waals surface area contributed by atoms with Crippen LogP contribution in [0.4, 0.5) is 11.6 Å². The SMILES string of the molecule is COc1cc(C(=O)N2CCOCC2)ccc1Nc1ncc(-c2ccc(Cl)c(OI)c2)cn1. The van der Waals surface area contributed by atoms with Crippen LogP contribution in [0.2, 0.25) is 5.02 Å². The molecule has 0 saturated carbocycles. The summed E-state index contributed by atoms with van der Waals surface area (Å²) in [7, 11) is 1.56. The van der Waals surface area contributed by atoms with Crippen molar-refractivity contribution in [3.05, 3.63) is 59.4 Å². The molecule has 1 saturated heterocycles. The van der Waals surface area contributed by atoms with E-state index in [1.54, 1.807) is 71.7 Å². The Hall–Kier alpha value is -2.63. The van der Waals surface area contributed by atoms with Gasteiger partial charge < -0.3 is 22.8 Å². The second kappa shape index (κ2) is 10.3. The highest BCUT2D eigenvalue weighted by molar-refractivity contribution is 14.1. The van der Waals surface area contributed by atoms with Crippen LogP contribution in [-0.4, -0.2) is 54.2 Å². The summed E-state index contributed by atoms with van der Waals surface area (Å²) >= 11 is 7.88. The normalized spacial score (nSPS) is 13.5. The molecule has 3 aromatic rings. The summed E-state index contributed by atoms with van der Waals surface area (Å²) in [5, 5.41) is 3.67. The number of amides is 1. The first-order valence-corrected chi connectivity index (χ1v) is 11.1. The van der Waals surface area contributed by atoms with Crippen LogP contribution in [0.5, 0.6) is 11.5 Å². The van der Waals surface area contributed by atoms with Gasteiger partial charge in [-0.3, -0.25) is 4.79 Å². The molecule has 8 nitrogen and oxygen atoms in total. The van der Waals surface area contributed by atoms with E-state index >= 15 is 0 Å². The molecule has 4 rings (SSSR count). The zero-order chi connectivity index (χ0) is 22.5. The average Bonchev–Trinajstić information content (AvgIpc) is 2.85. The molecule has 10 heteroatoms. The van der Waals surface area contributed by atoms with Crippen molar-refractivity contribution in [2.24, 2.45) is 0 Å².